The van der Waals surface area contributed by atoms with Gasteiger partial charge in [-0.3, -0.25) is 4.79 Å². The zero-order chi connectivity index (χ0) is 16.1. The summed E-state index contributed by atoms with van der Waals surface area (Å²) in [7, 11) is 0. The summed E-state index contributed by atoms with van der Waals surface area (Å²) in [5.74, 6) is -0.147. The Kier molecular flexibility index (Phi) is 5.52. The molecule has 5 heteroatoms. The number of carbonyl (C=O) groups is 1. The van der Waals surface area contributed by atoms with Gasteiger partial charge in [-0.25, -0.2) is 0 Å². The average Bonchev–Trinajstić information content (AvgIpc) is 2.45. The molecule has 0 saturated heterocycles. The molecule has 0 aliphatic carbocycles. The topological polar surface area (TPSA) is 41.1 Å². The second-order valence-electron chi connectivity index (χ2n) is 5.06. The summed E-state index contributed by atoms with van der Waals surface area (Å²) in [5, 5.41) is 6.57. The van der Waals surface area contributed by atoms with Crippen molar-refractivity contribution in [1.29, 1.82) is 0 Å². The highest BCUT2D eigenvalue weighted by molar-refractivity contribution is 7.80. The van der Waals surface area contributed by atoms with Crippen molar-refractivity contribution in [2.45, 2.75) is 20.3 Å². The molecule has 2 aromatic carbocycles. The predicted molar refractivity (Wildman–Crippen MR) is 95.4 cm³/mol. The molecule has 0 aromatic heterocycles. The van der Waals surface area contributed by atoms with Crippen LogP contribution in [-0.4, -0.2) is 11.0 Å². The minimum atomic E-state index is -0.147. The molecule has 0 unspecified atom stereocenters. The maximum atomic E-state index is 12.1. The lowest BCUT2D eigenvalue weighted by Crippen LogP contribution is -2.35. The van der Waals surface area contributed by atoms with Crippen LogP contribution in [0.3, 0.4) is 0 Å². The van der Waals surface area contributed by atoms with Gasteiger partial charge in [0.15, 0.2) is 5.11 Å². The Hall–Kier alpha value is -1.91. The standard InChI is InChI=1S/C17H17ClN2OS/c1-11-5-3-4-6-13(11)9-16(21)20-17(22)19-15-10-14(18)8-7-12(15)2/h3-8,10H,9H2,1-2H3,(H2,19,20,21,22). The molecule has 0 aliphatic rings. The van der Waals surface area contributed by atoms with E-state index >= 15 is 0 Å². The lowest BCUT2D eigenvalue weighted by molar-refractivity contribution is -0.119. The van der Waals surface area contributed by atoms with Crippen LogP contribution in [0.1, 0.15) is 16.7 Å². The average molecular weight is 333 g/mol. The number of nitrogens with one attached hydrogen (secondary N) is 2. The van der Waals surface area contributed by atoms with E-state index in [9.17, 15) is 4.79 Å². The second kappa shape index (κ2) is 7.38. The van der Waals surface area contributed by atoms with Crippen LogP contribution in [0.5, 0.6) is 0 Å². The van der Waals surface area contributed by atoms with Gasteiger partial charge in [0.05, 0.1) is 6.42 Å². The van der Waals surface area contributed by atoms with E-state index in [1.807, 2.05) is 50.2 Å². The van der Waals surface area contributed by atoms with Crippen molar-refractivity contribution in [3.8, 4) is 0 Å². The number of carbonyl (C=O) groups excluding carboxylic acids is 1. The van der Waals surface area contributed by atoms with Gasteiger partial charge in [0.2, 0.25) is 5.91 Å². The molecule has 114 valence electrons. The molecule has 3 nitrogen and oxygen atoms in total. The second-order valence-corrected chi connectivity index (χ2v) is 5.91. The summed E-state index contributed by atoms with van der Waals surface area (Å²) in [4.78, 5) is 12.1. The van der Waals surface area contributed by atoms with Gasteiger partial charge in [-0.15, -0.1) is 0 Å². The molecule has 22 heavy (non-hydrogen) atoms. The third-order valence-electron chi connectivity index (χ3n) is 3.31. The zero-order valence-corrected chi connectivity index (χ0v) is 14.0. The van der Waals surface area contributed by atoms with E-state index in [0.29, 0.717) is 11.4 Å². The van der Waals surface area contributed by atoms with Gasteiger partial charge >= 0.3 is 0 Å². The van der Waals surface area contributed by atoms with Gasteiger partial charge < -0.3 is 10.6 Å². The van der Waals surface area contributed by atoms with Crippen LogP contribution in [0.4, 0.5) is 5.69 Å². The molecule has 0 radical (unpaired) electrons. The molecule has 0 aliphatic heterocycles. The number of halogens is 1. The summed E-state index contributed by atoms with van der Waals surface area (Å²) in [6, 6.07) is 13.3. The van der Waals surface area contributed by atoms with Gasteiger partial charge in [-0.05, 0) is 54.9 Å². The fourth-order valence-electron chi connectivity index (χ4n) is 2.03. The molecule has 0 heterocycles. The van der Waals surface area contributed by atoms with Crippen LogP contribution in [0, 0.1) is 13.8 Å². The molecule has 0 bridgehead atoms. The smallest absolute Gasteiger partial charge is 0.230 e. The molecule has 0 spiro atoms. The maximum Gasteiger partial charge on any atom is 0.230 e. The van der Waals surface area contributed by atoms with Gasteiger partial charge in [0, 0.05) is 10.7 Å². The van der Waals surface area contributed by atoms with Crippen molar-refractivity contribution < 1.29 is 4.79 Å². The Labute approximate surface area is 140 Å². The first kappa shape index (κ1) is 16.5. The fourth-order valence-corrected chi connectivity index (χ4v) is 2.43. The molecule has 2 N–H and O–H groups in total. The van der Waals surface area contributed by atoms with Gasteiger partial charge in [-0.1, -0.05) is 41.9 Å². The Morgan fingerprint density at radius 1 is 1.14 bits per heavy atom. The molecule has 0 fully saturated rings. The first-order chi connectivity index (χ1) is 10.5. The molecular formula is C17H17ClN2OS. The lowest BCUT2D eigenvalue weighted by Gasteiger charge is -2.12. The quantitative estimate of drug-likeness (QED) is 0.834. The first-order valence-electron chi connectivity index (χ1n) is 6.87. The fraction of sp³-hybridized carbons (Fsp3) is 0.176. The predicted octanol–water partition coefficient (Wildman–Crippen LogP) is 4.01. The number of anilines is 1. The summed E-state index contributed by atoms with van der Waals surface area (Å²) < 4.78 is 0. The van der Waals surface area contributed by atoms with E-state index < -0.39 is 0 Å². The van der Waals surface area contributed by atoms with E-state index in [1.54, 1.807) is 6.07 Å². The number of hydrogen-bond donors (Lipinski definition) is 2. The highest BCUT2D eigenvalue weighted by atomic mass is 35.5. The zero-order valence-electron chi connectivity index (χ0n) is 12.4. The van der Waals surface area contributed by atoms with Crippen LogP contribution in [-0.2, 0) is 11.2 Å². The van der Waals surface area contributed by atoms with Crippen molar-refractivity contribution in [2.75, 3.05) is 5.32 Å². The third-order valence-corrected chi connectivity index (χ3v) is 3.75. The van der Waals surface area contributed by atoms with Gasteiger partial charge in [0.25, 0.3) is 0 Å². The molecule has 2 rings (SSSR count). The lowest BCUT2D eigenvalue weighted by atomic mass is 10.1. The van der Waals surface area contributed by atoms with Crippen molar-refractivity contribution in [3.05, 3.63) is 64.2 Å². The van der Waals surface area contributed by atoms with Crippen LogP contribution in [0.25, 0.3) is 0 Å². The van der Waals surface area contributed by atoms with E-state index in [2.05, 4.69) is 10.6 Å². The minimum Gasteiger partial charge on any atom is -0.332 e. The summed E-state index contributed by atoms with van der Waals surface area (Å²) in [6.45, 7) is 3.92. The number of hydrogen-bond acceptors (Lipinski definition) is 2. The SMILES string of the molecule is Cc1ccccc1CC(=O)NC(=S)Nc1cc(Cl)ccc1C. The van der Waals surface area contributed by atoms with E-state index in [-0.39, 0.29) is 11.0 Å². The van der Waals surface area contributed by atoms with E-state index in [4.69, 9.17) is 23.8 Å². The summed E-state index contributed by atoms with van der Waals surface area (Å²) in [5.41, 5.74) is 3.86. The molecule has 0 atom stereocenters. The van der Waals surface area contributed by atoms with Gasteiger partial charge in [-0.2, -0.15) is 0 Å². The number of amides is 1. The molecule has 0 saturated carbocycles. The monoisotopic (exact) mass is 332 g/mol. The molecule has 2 aromatic rings. The normalized spacial score (nSPS) is 10.1. The van der Waals surface area contributed by atoms with E-state index in [1.165, 1.54) is 0 Å². The Bertz CT molecular complexity index is 716. The maximum absolute atomic E-state index is 12.1. The summed E-state index contributed by atoms with van der Waals surface area (Å²) >= 11 is 11.1. The molecular weight excluding hydrogens is 316 g/mol. The highest BCUT2D eigenvalue weighted by Crippen LogP contribution is 2.20. The first-order valence-corrected chi connectivity index (χ1v) is 7.66. The van der Waals surface area contributed by atoms with Crippen LogP contribution in [0.2, 0.25) is 5.02 Å². The number of thiocarbonyl (C=S) groups is 1. The van der Waals surface area contributed by atoms with Gasteiger partial charge in [0.1, 0.15) is 0 Å². The van der Waals surface area contributed by atoms with Crippen molar-refractivity contribution >= 4 is 40.5 Å². The van der Waals surface area contributed by atoms with Crippen LogP contribution in [0.15, 0.2) is 42.5 Å². The number of benzene rings is 2. The molecule has 1 amide bonds. The third kappa shape index (κ3) is 4.55. The Morgan fingerprint density at radius 3 is 2.59 bits per heavy atom. The largest absolute Gasteiger partial charge is 0.332 e. The van der Waals surface area contributed by atoms with Crippen molar-refractivity contribution in [3.63, 3.8) is 0 Å². The summed E-state index contributed by atoms with van der Waals surface area (Å²) in [6.07, 6.45) is 0.295. The minimum absolute atomic E-state index is 0.147. The number of rotatable bonds is 3. The van der Waals surface area contributed by atoms with Crippen LogP contribution < -0.4 is 10.6 Å². The highest BCUT2D eigenvalue weighted by Gasteiger charge is 2.09. The van der Waals surface area contributed by atoms with Crippen molar-refractivity contribution in [1.82, 2.24) is 5.32 Å². The van der Waals surface area contributed by atoms with Crippen molar-refractivity contribution in [2.24, 2.45) is 0 Å². The number of aryl methyl sites for hydroxylation is 2. The Morgan fingerprint density at radius 2 is 1.86 bits per heavy atom. The van der Waals surface area contributed by atoms with Crippen LogP contribution >= 0.6 is 23.8 Å². The van der Waals surface area contributed by atoms with E-state index in [0.717, 1.165) is 22.4 Å². The Balaban J connectivity index is 1.96.